The Labute approximate surface area is 175 Å². The third-order valence-electron chi connectivity index (χ3n) is 4.71. The third kappa shape index (κ3) is 5.47. The smallest absolute Gasteiger partial charge is 0.227 e. The number of nitrogens with zero attached hydrogens (tertiary/aromatic N) is 2. The topological polar surface area (TPSA) is 52.7 Å². The van der Waals surface area contributed by atoms with E-state index in [0.29, 0.717) is 36.0 Å². The Balaban J connectivity index is 1.46. The maximum Gasteiger partial charge on any atom is 0.227 e. The van der Waals surface area contributed by atoms with Gasteiger partial charge >= 0.3 is 0 Å². The van der Waals surface area contributed by atoms with Crippen LogP contribution in [-0.2, 0) is 16.1 Å². The number of carbonyl (C=O) groups is 2. The van der Waals surface area contributed by atoms with Gasteiger partial charge in [0, 0.05) is 53.9 Å². The van der Waals surface area contributed by atoms with Gasteiger partial charge in [-0.2, -0.15) is 0 Å². The van der Waals surface area contributed by atoms with Crippen LogP contribution < -0.4 is 10.2 Å². The van der Waals surface area contributed by atoms with Crippen molar-refractivity contribution in [2.75, 3.05) is 30.4 Å². The number of hydrogen-bond donors (Lipinski definition) is 1. The lowest BCUT2D eigenvalue weighted by Crippen LogP contribution is -2.24. The first-order valence-electron chi connectivity index (χ1n) is 9.25. The molecule has 7 heteroatoms. The molecular formula is C21H23Cl2N3O2. The molecule has 2 aromatic carbocycles. The van der Waals surface area contributed by atoms with Crippen molar-refractivity contribution in [2.45, 2.75) is 25.8 Å². The number of rotatable bonds is 7. The van der Waals surface area contributed by atoms with E-state index < -0.39 is 0 Å². The molecule has 1 heterocycles. The minimum atomic E-state index is -0.0564. The molecule has 3 rings (SSSR count). The van der Waals surface area contributed by atoms with E-state index in [4.69, 9.17) is 23.2 Å². The van der Waals surface area contributed by atoms with Crippen molar-refractivity contribution in [1.29, 1.82) is 0 Å². The first kappa shape index (κ1) is 20.6. The maximum atomic E-state index is 12.2. The van der Waals surface area contributed by atoms with Gasteiger partial charge in [0.1, 0.15) is 0 Å². The summed E-state index contributed by atoms with van der Waals surface area (Å²) in [5.74, 6) is 0.0969. The van der Waals surface area contributed by atoms with Crippen LogP contribution >= 0.6 is 23.2 Å². The van der Waals surface area contributed by atoms with E-state index in [1.807, 2.05) is 48.3 Å². The number of carbonyl (C=O) groups excluding carboxylic acids is 2. The molecule has 1 aliphatic heterocycles. The molecule has 28 heavy (non-hydrogen) atoms. The molecule has 1 N–H and O–H groups in total. The van der Waals surface area contributed by atoms with E-state index >= 15 is 0 Å². The molecule has 1 aliphatic rings. The summed E-state index contributed by atoms with van der Waals surface area (Å²) in [5, 5.41) is 4.13. The zero-order chi connectivity index (χ0) is 20.1. The van der Waals surface area contributed by atoms with Crippen LogP contribution in [0.15, 0.2) is 42.5 Å². The maximum absolute atomic E-state index is 12.2. The van der Waals surface area contributed by atoms with Gasteiger partial charge < -0.3 is 15.1 Å². The minimum absolute atomic E-state index is 0.0564. The predicted molar refractivity (Wildman–Crippen MR) is 114 cm³/mol. The van der Waals surface area contributed by atoms with E-state index in [0.717, 1.165) is 29.9 Å². The van der Waals surface area contributed by atoms with Gasteiger partial charge in [0.05, 0.1) is 0 Å². The average molecular weight is 420 g/mol. The van der Waals surface area contributed by atoms with Crippen molar-refractivity contribution in [3.63, 3.8) is 0 Å². The first-order chi connectivity index (χ1) is 13.4. The molecule has 0 aliphatic carbocycles. The Hall–Kier alpha value is -2.08. The van der Waals surface area contributed by atoms with Gasteiger partial charge in [0.15, 0.2) is 0 Å². The Bertz CT molecular complexity index is 855. The highest BCUT2D eigenvalue weighted by Gasteiger charge is 2.21. The Morgan fingerprint density at radius 2 is 1.93 bits per heavy atom. The molecule has 0 radical (unpaired) electrons. The zero-order valence-electron chi connectivity index (χ0n) is 15.8. The van der Waals surface area contributed by atoms with Gasteiger partial charge in [-0.1, -0.05) is 29.3 Å². The van der Waals surface area contributed by atoms with Crippen molar-refractivity contribution in [3.05, 3.63) is 58.1 Å². The van der Waals surface area contributed by atoms with E-state index in [9.17, 15) is 9.59 Å². The zero-order valence-corrected chi connectivity index (χ0v) is 17.3. The van der Waals surface area contributed by atoms with Crippen LogP contribution in [0.4, 0.5) is 11.4 Å². The van der Waals surface area contributed by atoms with Crippen LogP contribution in [0, 0.1) is 0 Å². The lowest BCUT2D eigenvalue weighted by atomic mass is 10.2. The normalized spacial score (nSPS) is 14.0. The molecule has 0 atom stereocenters. The van der Waals surface area contributed by atoms with Gasteiger partial charge in [-0.15, -0.1) is 0 Å². The monoisotopic (exact) mass is 419 g/mol. The van der Waals surface area contributed by atoms with E-state index in [1.54, 1.807) is 11.0 Å². The van der Waals surface area contributed by atoms with Crippen molar-refractivity contribution >= 4 is 46.4 Å². The number of hydrogen-bond acceptors (Lipinski definition) is 3. The van der Waals surface area contributed by atoms with Crippen molar-refractivity contribution in [2.24, 2.45) is 0 Å². The SMILES string of the molecule is CN(CCC(=O)Nc1ccc(N2CCCC2=O)cc1)Cc1ccc(Cl)cc1Cl. The highest BCUT2D eigenvalue weighted by molar-refractivity contribution is 6.35. The summed E-state index contributed by atoms with van der Waals surface area (Å²) in [6, 6.07) is 12.8. The van der Waals surface area contributed by atoms with Gasteiger partial charge in [-0.05, 0) is 55.4 Å². The van der Waals surface area contributed by atoms with Crippen LogP contribution in [0.5, 0.6) is 0 Å². The average Bonchev–Trinajstić information content (AvgIpc) is 3.09. The Morgan fingerprint density at radius 3 is 2.57 bits per heavy atom. The van der Waals surface area contributed by atoms with Crippen LogP contribution in [0.3, 0.4) is 0 Å². The second-order valence-corrected chi connectivity index (χ2v) is 7.81. The molecule has 2 aromatic rings. The highest BCUT2D eigenvalue weighted by atomic mass is 35.5. The summed E-state index contributed by atoms with van der Waals surface area (Å²) in [7, 11) is 1.94. The quantitative estimate of drug-likeness (QED) is 0.714. The summed E-state index contributed by atoms with van der Waals surface area (Å²) >= 11 is 12.1. The van der Waals surface area contributed by atoms with Gasteiger partial charge in [-0.3, -0.25) is 9.59 Å². The highest BCUT2D eigenvalue weighted by Crippen LogP contribution is 2.24. The van der Waals surface area contributed by atoms with E-state index in [-0.39, 0.29) is 11.8 Å². The lowest BCUT2D eigenvalue weighted by molar-refractivity contribution is -0.117. The summed E-state index contributed by atoms with van der Waals surface area (Å²) < 4.78 is 0. The van der Waals surface area contributed by atoms with Crippen molar-refractivity contribution < 1.29 is 9.59 Å². The molecule has 0 unspecified atom stereocenters. The number of halogens is 2. The summed E-state index contributed by atoms with van der Waals surface area (Å²) in [6.45, 7) is 2.00. The van der Waals surface area contributed by atoms with Crippen molar-refractivity contribution in [1.82, 2.24) is 4.90 Å². The Morgan fingerprint density at radius 1 is 1.18 bits per heavy atom. The van der Waals surface area contributed by atoms with Gasteiger partial charge in [-0.25, -0.2) is 0 Å². The molecule has 5 nitrogen and oxygen atoms in total. The van der Waals surface area contributed by atoms with Gasteiger partial charge in [0.2, 0.25) is 11.8 Å². The molecule has 2 amide bonds. The summed E-state index contributed by atoms with van der Waals surface area (Å²) in [5.41, 5.74) is 2.57. The molecule has 1 saturated heterocycles. The minimum Gasteiger partial charge on any atom is -0.326 e. The second-order valence-electron chi connectivity index (χ2n) is 6.97. The first-order valence-corrected chi connectivity index (χ1v) is 10.0. The fraction of sp³-hybridized carbons (Fsp3) is 0.333. The fourth-order valence-corrected chi connectivity index (χ4v) is 3.65. The Kier molecular flexibility index (Phi) is 6.94. The third-order valence-corrected chi connectivity index (χ3v) is 5.30. The molecular weight excluding hydrogens is 397 g/mol. The number of anilines is 2. The van der Waals surface area contributed by atoms with Crippen LogP contribution in [-0.4, -0.2) is 36.9 Å². The van der Waals surface area contributed by atoms with E-state index in [1.165, 1.54) is 0 Å². The van der Waals surface area contributed by atoms with Crippen LogP contribution in [0.1, 0.15) is 24.8 Å². The molecule has 0 spiro atoms. The van der Waals surface area contributed by atoms with Crippen LogP contribution in [0.2, 0.25) is 10.0 Å². The number of benzene rings is 2. The van der Waals surface area contributed by atoms with Gasteiger partial charge in [0.25, 0.3) is 0 Å². The predicted octanol–water partition coefficient (Wildman–Crippen LogP) is 4.58. The summed E-state index contributed by atoms with van der Waals surface area (Å²) in [6.07, 6.45) is 1.87. The largest absolute Gasteiger partial charge is 0.326 e. The molecule has 0 saturated carbocycles. The fourth-order valence-electron chi connectivity index (χ4n) is 3.18. The molecule has 0 aromatic heterocycles. The van der Waals surface area contributed by atoms with Crippen LogP contribution in [0.25, 0.3) is 0 Å². The van der Waals surface area contributed by atoms with Crippen molar-refractivity contribution in [3.8, 4) is 0 Å². The molecule has 148 valence electrons. The van der Waals surface area contributed by atoms with E-state index in [2.05, 4.69) is 5.32 Å². The summed E-state index contributed by atoms with van der Waals surface area (Å²) in [4.78, 5) is 27.8. The lowest BCUT2D eigenvalue weighted by Gasteiger charge is -2.18. The molecule has 1 fully saturated rings. The standard InChI is InChI=1S/C21H23Cl2N3O2/c1-25(14-15-4-5-16(22)13-19(15)23)12-10-20(27)24-17-6-8-18(9-7-17)26-11-2-3-21(26)28/h4-9,13H,2-3,10-12,14H2,1H3,(H,24,27). The number of amides is 2. The second kappa shape index (κ2) is 9.41. The number of nitrogens with one attached hydrogen (secondary N) is 1. The molecule has 0 bridgehead atoms.